The number of benzene rings is 2. The summed E-state index contributed by atoms with van der Waals surface area (Å²) >= 11 is 1.60. The number of hydrogen-bond donors (Lipinski definition) is 0. The number of aromatic nitrogens is 3. The number of nitrogens with zero attached hydrogens (tertiary/aromatic N) is 3. The van der Waals surface area contributed by atoms with Crippen molar-refractivity contribution in [2.45, 2.75) is 20.5 Å². The maximum absolute atomic E-state index is 5.82. The number of thiazole rings is 1. The van der Waals surface area contributed by atoms with E-state index in [2.05, 4.69) is 36.6 Å². The van der Waals surface area contributed by atoms with Crippen molar-refractivity contribution in [3.8, 4) is 17.3 Å². The topological polar surface area (TPSA) is 39.9 Å². The van der Waals surface area contributed by atoms with Gasteiger partial charge in [-0.25, -0.2) is 9.97 Å². The Morgan fingerprint density at radius 2 is 1.76 bits per heavy atom. The second kappa shape index (κ2) is 6.33. The standard InChI is InChI=1S/C20H19N3OS/c1-13-4-7-15(8-5-13)24-11-19-21-17(12-25-19)20-22-16-10-14(2)6-9-18(16)23(20)3/h4-10,12H,11H2,1-3H3. The van der Waals surface area contributed by atoms with Gasteiger partial charge in [0.2, 0.25) is 0 Å². The van der Waals surface area contributed by atoms with Crippen molar-refractivity contribution in [3.05, 3.63) is 64.0 Å². The summed E-state index contributed by atoms with van der Waals surface area (Å²) in [6.07, 6.45) is 0. The molecule has 126 valence electrons. The quantitative estimate of drug-likeness (QED) is 0.526. The first kappa shape index (κ1) is 15.8. The molecule has 0 atom stereocenters. The van der Waals surface area contributed by atoms with Crippen molar-refractivity contribution in [1.29, 1.82) is 0 Å². The molecule has 0 aliphatic rings. The molecular formula is C20H19N3OS. The van der Waals surface area contributed by atoms with Gasteiger partial charge in [0.05, 0.1) is 11.0 Å². The number of imidazole rings is 1. The van der Waals surface area contributed by atoms with Crippen LogP contribution in [0.1, 0.15) is 16.1 Å². The lowest BCUT2D eigenvalue weighted by Gasteiger charge is -2.03. The summed E-state index contributed by atoms with van der Waals surface area (Å²) in [6, 6.07) is 14.4. The van der Waals surface area contributed by atoms with E-state index in [0.717, 1.165) is 33.3 Å². The van der Waals surface area contributed by atoms with E-state index in [9.17, 15) is 0 Å². The fourth-order valence-corrected chi connectivity index (χ4v) is 3.48. The van der Waals surface area contributed by atoms with E-state index in [0.29, 0.717) is 6.61 Å². The van der Waals surface area contributed by atoms with Crippen LogP contribution in [0.3, 0.4) is 0 Å². The van der Waals surface area contributed by atoms with E-state index in [1.165, 1.54) is 11.1 Å². The first-order chi connectivity index (χ1) is 12.1. The summed E-state index contributed by atoms with van der Waals surface area (Å²) < 4.78 is 7.91. The van der Waals surface area contributed by atoms with Crippen molar-refractivity contribution in [1.82, 2.24) is 14.5 Å². The molecule has 2 aromatic carbocycles. The lowest BCUT2D eigenvalue weighted by molar-refractivity contribution is 0.305. The third-order valence-electron chi connectivity index (χ3n) is 4.20. The Labute approximate surface area is 150 Å². The second-order valence-electron chi connectivity index (χ2n) is 6.21. The molecule has 0 aliphatic carbocycles. The maximum Gasteiger partial charge on any atom is 0.160 e. The normalized spacial score (nSPS) is 11.2. The van der Waals surface area contributed by atoms with Crippen molar-refractivity contribution in [3.63, 3.8) is 0 Å². The van der Waals surface area contributed by atoms with Gasteiger partial charge in [-0.05, 0) is 43.7 Å². The average molecular weight is 349 g/mol. The highest BCUT2D eigenvalue weighted by molar-refractivity contribution is 7.09. The molecule has 0 saturated heterocycles. The van der Waals surface area contributed by atoms with Gasteiger partial charge in [-0.15, -0.1) is 11.3 Å². The Hall–Kier alpha value is -2.66. The predicted octanol–water partition coefficient (Wildman–Crippen LogP) is 4.89. The fraction of sp³-hybridized carbons (Fsp3) is 0.200. The van der Waals surface area contributed by atoms with E-state index in [-0.39, 0.29) is 0 Å². The molecule has 4 aromatic rings. The molecule has 0 saturated carbocycles. The molecule has 4 nitrogen and oxygen atoms in total. The molecule has 0 bridgehead atoms. The van der Waals surface area contributed by atoms with Crippen LogP contribution in [0.25, 0.3) is 22.6 Å². The molecule has 0 aliphatic heterocycles. The summed E-state index contributed by atoms with van der Waals surface area (Å²) in [4.78, 5) is 9.45. The van der Waals surface area contributed by atoms with E-state index in [4.69, 9.17) is 14.7 Å². The minimum absolute atomic E-state index is 0.469. The maximum atomic E-state index is 5.82. The van der Waals surface area contributed by atoms with Crippen LogP contribution in [0.5, 0.6) is 5.75 Å². The SMILES string of the molecule is Cc1ccc(OCc2nc(-c3nc4cc(C)ccc4n3C)cs2)cc1. The van der Waals surface area contributed by atoms with Crippen molar-refractivity contribution in [2.24, 2.45) is 7.05 Å². The lowest BCUT2D eigenvalue weighted by atomic mass is 10.2. The molecule has 25 heavy (non-hydrogen) atoms. The Balaban J connectivity index is 1.56. The van der Waals surface area contributed by atoms with Crippen molar-refractivity contribution in [2.75, 3.05) is 0 Å². The van der Waals surface area contributed by atoms with Crippen molar-refractivity contribution >= 4 is 22.4 Å². The summed E-state index contributed by atoms with van der Waals surface area (Å²) in [7, 11) is 2.03. The van der Waals surface area contributed by atoms with Crippen LogP contribution in [0.15, 0.2) is 47.8 Å². The molecule has 2 aromatic heterocycles. The molecule has 2 heterocycles. The van der Waals surface area contributed by atoms with Gasteiger partial charge in [0, 0.05) is 12.4 Å². The van der Waals surface area contributed by atoms with Crippen LogP contribution in [0, 0.1) is 13.8 Å². The van der Waals surface area contributed by atoms with Crippen LogP contribution in [-0.4, -0.2) is 14.5 Å². The van der Waals surface area contributed by atoms with Gasteiger partial charge in [0.15, 0.2) is 5.82 Å². The van der Waals surface area contributed by atoms with Gasteiger partial charge < -0.3 is 9.30 Å². The zero-order valence-electron chi connectivity index (χ0n) is 14.5. The highest BCUT2D eigenvalue weighted by atomic mass is 32.1. The van der Waals surface area contributed by atoms with Gasteiger partial charge in [-0.3, -0.25) is 0 Å². The van der Waals surface area contributed by atoms with Crippen LogP contribution in [0.4, 0.5) is 0 Å². The van der Waals surface area contributed by atoms with Crippen LogP contribution >= 0.6 is 11.3 Å². The highest BCUT2D eigenvalue weighted by Gasteiger charge is 2.13. The number of ether oxygens (including phenoxy) is 1. The molecule has 0 N–H and O–H groups in total. The van der Waals surface area contributed by atoms with Gasteiger partial charge in [-0.2, -0.15) is 0 Å². The summed E-state index contributed by atoms with van der Waals surface area (Å²) in [5, 5.41) is 2.99. The molecule has 0 amide bonds. The Morgan fingerprint density at radius 1 is 1.00 bits per heavy atom. The molecule has 0 fully saturated rings. The average Bonchev–Trinajstić information content (AvgIpc) is 3.19. The third-order valence-corrected chi connectivity index (χ3v) is 5.02. The minimum atomic E-state index is 0.469. The van der Waals surface area contributed by atoms with Crippen LogP contribution in [0.2, 0.25) is 0 Å². The smallest absolute Gasteiger partial charge is 0.160 e. The van der Waals surface area contributed by atoms with Crippen LogP contribution < -0.4 is 4.74 Å². The first-order valence-corrected chi connectivity index (χ1v) is 9.05. The molecule has 0 unspecified atom stereocenters. The molecule has 0 spiro atoms. The largest absolute Gasteiger partial charge is 0.486 e. The number of rotatable bonds is 4. The summed E-state index contributed by atoms with van der Waals surface area (Å²) in [5.41, 5.74) is 5.45. The summed E-state index contributed by atoms with van der Waals surface area (Å²) in [6.45, 7) is 4.61. The van der Waals surface area contributed by atoms with Crippen molar-refractivity contribution < 1.29 is 4.74 Å². The Bertz CT molecular complexity index is 1030. The third kappa shape index (κ3) is 3.15. The molecular weight excluding hydrogens is 330 g/mol. The zero-order chi connectivity index (χ0) is 17.4. The highest BCUT2D eigenvalue weighted by Crippen LogP contribution is 2.26. The number of fused-ring (bicyclic) bond motifs is 1. The lowest BCUT2D eigenvalue weighted by Crippen LogP contribution is -1.96. The first-order valence-electron chi connectivity index (χ1n) is 8.17. The fourth-order valence-electron chi connectivity index (χ4n) is 2.80. The van der Waals surface area contributed by atoms with Gasteiger partial charge in [0.1, 0.15) is 23.1 Å². The monoisotopic (exact) mass is 349 g/mol. The molecule has 5 heteroatoms. The van der Waals surface area contributed by atoms with E-state index in [1.54, 1.807) is 11.3 Å². The second-order valence-corrected chi connectivity index (χ2v) is 7.16. The van der Waals surface area contributed by atoms with Gasteiger partial charge >= 0.3 is 0 Å². The Kier molecular flexibility index (Phi) is 4.01. The number of aryl methyl sites for hydroxylation is 3. The Morgan fingerprint density at radius 3 is 2.56 bits per heavy atom. The molecule has 4 rings (SSSR count). The van der Waals surface area contributed by atoms with E-state index >= 15 is 0 Å². The van der Waals surface area contributed by atoms with Crippen LogP contribution in [-0.2, 0) is 13.7 Å². The summed E-state index contributed by atoms with van der Waals surface area (Å²) in [5.74, 6) is 1.75. The molecule has 0 radical (unpaired) electrons. The predicted molar refractivity (Wildman–Crippen MR) is 102 cm³/mol. The van der Waals surface area contributed by atoms with Gasteiger partial charge in [-0.1, -0.05) is 23.8 Å². The number of hydrogen-bond acceptors (Lipinski definition) is 4. The minimum Gasteiger partial charge on any atom is -0.486 e. The zero-order valence-corrected chi connectivity index (χ0v) is 15.3. The van der Waals surface area contributed by atoms with E-state index in [1.807, 2.05) is 36.7 Å². The van der Waals surface area contributed by atoms with E-state index < -0.39 is 0 Å². The van der Waals surface area contributed by atoms with Gasteiger partial charge in [0.25, 0.3) is 0 Å².